The van der Waals surface area contributed by atoms with Gasteiger partial charge in [-0.3, -0.25) is 0 Å². The van der Waals surface area contributed by atoms with E-state index >= 15 is 0 Å². The van der Waals surface area contributed by atoms with E-state index in [4.69, 9.17) is 8.83 Å². The second-order valence-electron chi connectivity index (χ2n) is 13.5. The number of fused-ring (bicyclic) bond motifs is 14. The molecule has 48 heavy (non-hydrogen) atoms. The zero-order valence-corrected chi connectivity index (χ0v) is 26.5. The minimum absolute atomic E-state index is 0.415. The molecule has 4 aromatic heterocycles. The fourth-order valence-electron chi connectivity index (χ4n) is 8.23. The average molecular weight is 616 g/mol. The molecule has 0 saturated carbocycles. The van der Waals surface area contributed by atoms with Gasteiger partial charge in [0.05, 0.1) is 16.6 Å². The molecule has 0 bridgehead atoms. The van der Waals surface area contributed by atoms with Crippen molar-refractivity contribution in [2.45, 2.75) is 19.8 Å². The summed E-state index contributed by atoms with van der Waals surface area (Å²) >= 11 is 0. The van der Waals surface area contributed by atoms with E-state index in [1.807, 2.05) is 12.1 Å². The van der Waals surface area contributed by atoms with Crippen molar-refractivity contribution in [2.24, 2.45) is 0 Å². The number of benzene rings is 7. The van der Waals surface area contributed by atoms with E-state index in [0.717, 1.165) is 54.9 Å². The molecule has 0 aliphatic rings. The van der Waals surface area contributed by atoms with E-state index in [1.165, 1.54) is 54.9 Å². The summed E-state index contributed by atoms with van der Waals surface area (Å²) in [6.45, 7) is 4.54. The second kappa shape index (κ2) is 9.27. The first-order chi connectivity index (χ1) is 23.6. The van der Waals surface area contributed by atoms with E-state index in [2.05, 4.69) is 140 Å². The number of para-hydroxylation sites is 2. The van der Waals surface area contributed by atoms with Crippen LogP contribution in [0.1, 0.15) is 25.3 Å². The van der Waals surface area contributed by atoms with Crippen molar-refractivity contribution in [2.75, 3.05) is 0 Å². The zero-order valence-electron chi connectivity index (χ0n) is 26.5. The fourth-order valence-corrected chi connectivity index (χ4v) is 8.23. The minimum atomic E-state index is 0.415. The summed E-state index contributed by atoms with van der Waals surface area (Å²) in [6.07, 6.45) is 0. The van der Waals surface area contributed by atoms with Crippen molar-refractivity contribution in [3.63, 3.8) is 0 Å². The van der Waals surface area contributed by atoms with E-state index in [-0.39, 0.29) is 0 Å². The van der Waals surface area contributed by atoms with Crippen LogP contribution in [0.5, 0.6) is 0 Å². The van der Waals surface area contributed by atoms with Crippen LogP contribution in [0.15, 0.2) is 142 Å². The molecule has 0 N–H and O–H groups in total. The average Bonchev–Trinajstić information content (AvgIpc) is 3.87. The number of rotatable bonds is 3. The molecule has 7 aromatic carbocycles. The molecule has 3 nitrogen and oxygen atoms in total. The molecule has 0 aliphatic heterocycles. The highest BCUT2D eigenvalue weighted by Crippen LogP contribution is 2.48. The van der Waals surface area contributed by atoms with Crippen LogP contribution < -0.4 is 0 Å². The molecule has 0 radical (unpaired) electrons. The molecule has 0 fully saturated rings. The Hall–Kier alpha value is -6.06. The van der Waals surface area contributed by atoms with Gasteiger partial charge in [-0.1, -0.05) is 111 Å². The van der Waals surface area contributed by atoms with Crippen molar-refractivity contribution in [1.29, 1.82) is 0 Å². The van der Waals surface area contributed by atoms with E-state index in [1.54, 1.807) is 0 Å². The van der Waals surface area contributed by atoms with Crippen molar-refractivity contribution in [3.05, 3.63) is 139 Å². The van der Waals surface area contributed by atoms with Crippen LogP contribution in [-0.4, -0.2) is 4.40 Å². The van der Waals surface area contributed by atoms with Crippen LogP contribution in [0.3, 0.4) is 0 Å². The highest BCUT2D eigenvalue weighted by atomic mass is 16.3. The lowest BCUT2D eigenvalue weighted by Gasteiger charge is -2.15. The highest BCUT2D eigenvalue weighted by molar-refractivity contribution is 6.32. The lowest BCUT2D eigenvalue weighted by molar-refractivity contribution is 0.670. The largest absolute Gasteiger partial charge is 0.454 e. The Kier molecular flexibility index (Phi) is 5.03. The summed E-state index contributed by atoms with van der Waals surface area (Å²) < 4.78 is 15.9. The normalized spacial score (nSPS) is 12.6. The molecule has 11 aromatic rings. The molecular formula is C45H29NO2. The molecule has 4 heterocycles. The molecule has 0 amide bonds. The Morgan fingerprint density at radius 3 is 1.54 bits per heavy atom. The number of aromatic nitrogens is 1. The third-order valence-corrected chi connectivity index (χ3v) is 10.5. The quantitative estimate of drug-likeness (QED) is 0.198. The second-order valence-corrected chi connectivity index (χ2v) is 13.5. The topological polar surface area (TPSA) is 30.7 Å². The highest BCUT2D eigenvalue weighted by Gasteiger charge is 2.25. The van der Waals surface area contributed by atoms with Crippen LogP contribution in [0.2, 0.25) is 0 Å². The Morgan fingerprint density at radius 2 is 0.958 bits per heavy atom. The molecule has 0 aliphatic carbocycles. The summed E-state index contributed by atoms with van der Waals surface area (Å²) in [6, 6.07) is 48.3. The lowest BCUT2D eigenvalue weighted by Crippen LogP contribution is -1.92. The van der Waals surface area contributed by atoms with Gasteiger partial charge in [0, 0.05) is 43.1 Å². The van der Waals surface area contributed by atoms with Crippen LogP contribution in [-0.2, 0) is 0 Å². The fraction of sp³-hybridized carbons (Fsp3) is 0.0667. The zero-order chi connectivity index (χ0) is 31.7. The van der Waals surface area contributed by atoms with Gasteiger partial charge in [-0.2, -0.15) is 0 Å². The van der Waals surface area contributed by atoms with Gasteiger partial charge in [0.1, 0.15) is 11.2 Å². The summed E-state index contributed by atoms with van der Waals surface area (Å²) in [5.74, 6) is 0.415. The maximum absolute atomic E-state index is 6.73. The van der Waals surface area contributed by atoms with Gasteiger partial charge in [-0.05, 0) is 70.1 Å². The Labute approximate surface area is 275 Å². The third-order valence-electron chi connectivity index (χ3n) is 10.5. The van der Waals surface area contributed by atoms with Crippen molar-refractivity contribution in [1.82, 2.24) is 4.40 Å². The Bertz CT molecular complexity index is 2920. The number of nitrogens with zero attached hydrogens (tertiary/aromatic N) is 1. The van der Waals surface area contributed by atoms with E-state index in [9.17, 15) is 0 Å². The molecule has 0 saturated heterocycles. The van der Waals surface area contributed by atoms with E-state index in [0.29, 0.717) is 5.92 Å². The first kappa shape index (κ1) is 26.1. The minimum Gasteiger partial charge on any atom is -0.454 e. The SMILES string of the molecule is CC(C)c1ccc(-c2ccccc2)c(-c2cc3c4ccc5c6ccccc6oc5c4n4c3c(c2)c2ccc3c5ccccc5oc3c24)c1. The van der Waals surface area contributed by atoms with Gasteiger partial charge in [-0.25, -0.2) is 0 Å². The molecule has 0 spiro atoms. The van der Waals surface area contributed by atoms with Crippen molar-refractivity contribution < 1.29 is 8.83 Å². The molecule has 3 heteroatoms. The number of hydrogen-bond acceptors (Lipinski definition) is 2. The Balaban J connectivity index is 1.36. The maximum atomic E-state index is 6.73. The van der Waals surface area contributed by atoms with Crippen molar-refractivity contribution in [3.8, 4) is 22.3 Å². The summed E-state index contributed by atoms with van der Waals surface area (Å²) in [4.78, 5) is 0. The standard InChI is InChI=1S/C45H29NO2/c1-25(2)27-16-17-29(26-10-4-3-5-11-26)36(22-27)28-23-37-32-18-20-34-30-12-6-8-14-39(30)47-44(34)42(32)46-41(37)38(24-28)33-19-21-35-31-13-7-9-15-40(31)48-45(35)43(33)46/h3-25H,1-2H3. The third kappa shape index (κ3) is 3.33. The van der Waals surface area contributed by atoms with Crippen LogP contribution in [0.25, 0.3) is 104 Å². The number of hydrogen-bond donors (Lipinski definition) is 0. The molecule has 0 atom stereocenters. The van der Waals surface area contributed by atoms with Gasteiger partial charge >= 0.3 is 0 Å². The number of furan rings is 2. The molecular weight excluding hydrogens is 587 g/mol. The monoisotopic (exact) mass is 615 g/mol. The van der Waals surface area contributed by atoms with Crippen molar-refractivity contribution >= 4 is 82.0 Å². The van der Waals surface area contributed by atoms with Crippen LogP contribution in [0.4, 0.5) is 0 Å². The van der Waals surface area contributed by atoms with Gasteiger partial charge in [-0.15, -0.1) is 0 Å². The first-order valence-corrected chi connectivity index (χ1v) is 16.7. The summed E-state index contributed by atoms with van der Waals surface area (Å²) in [5.41, 5.74) is 13.2. The van der Waals surface area contributed by atoms with E-state index < -0.39 is 0 Å². The van der Waals surface area contributed by atoms with Gasteiger partial charge in [0.15, 0.2) is 11.2 Å². The summed E-state index contributed by atoms with van der Waals surface area (Å²) in [7, 11) is 0. The maximum Gasteiger partial charge on any atom is 0.160 e. The molecule has 226 valence electrons. The van der Waals surface area contributed by atoms with Gasteiger partial charge in [0.25, 0.3) is 0 Å². The predicted molar refractivity (Wildman–Crippen MR) is 201 cm³/mol. The molecule has 0 unspecified atom stereocenters. The molecule has 11 rings (SSSR count). The summed E-state index contributed by atoms with van der Waals surface area (Å²) in [5, 5.41) is 9.31. The Morgan fingerprint density at radius 1 is 0.417 bits per heavy atom. The predicted octanol–water partition coefficient (Wildman–Crippen LogP) is 13.1. The lowest BCUT2D eigenvalue weighted by atomic mass is 9.89. The first-order valence-electron chi connectivity index (χ1n) is 16.7. The van der Waals surface area contributed by atoms with Gasteiger partial charge < -0.3 is 13.2 Å². The smallest absolute Gasteiger partial charge is 0.160 e. The van der Waals surface area contributed by atoms with Crippen LogP contribution >= 0.6 is 0 Å². The van der Waals surface area contributed by atoms with Crippen LogP contribution in [0, 0.1) is 0 Å². The van der Waals surface area contributed by atoms with Gasteiger partial charge in [0.2, 0.25) is 0 Å².